The highest BCUT2D eigenvalue weighted by atomic mass is 32.1. The number of amides is 1. The molecule has 0 atom stereocenters. The molecule has 0 aliphatic carbocycles. The monoisotopic (exact) mass is 265 g/mol. The van der Waals surface area contributed by atoms with Crippen molar-refractivity contribution in [2.75, 3.05) is 18.0 Å². The van der Waals surface area contributed by atoms with Gasteiger partial charge in [0.15, 0.2) is 0 Å². The lowest BCUT2D eigenvalue weighted by molar-refractivity contribution is -0.122. The lowest BCUT2D eigenvalue weighted by atomic mass is 9.96. The van der Waals surface area contributed by atoms with Crippen molar-refractivity contribution < 1.29 is 4.79 Å². The third kappa shape index (κ3) is 2.73. The van der Waals surface area contributed by atoms with E-state index in [1.54, 1.807) is 12.3 Å². The Balaban J connectivity index is 2.07. The van der Waals surface area contributed by atoms with Gasteiger partial charge in [0.05, 0.1) is 0 Å². The van der Waals surface area contributed by atoms with E-state index in [1.807, 2.05) is 4.90 Å². The third-order valence-corrected chi connectivity index (χ3v) is 3.28. The standard InChI is InChI=1S/C11H15N5OS/c12-9(17)7-2-5-16(6-3-7)11-14-4-1-8(15-11)10(13)18/h1,4,7H,2-3,5-6H2,(H2,12,17)(H2,13,18). The number of nitrogens with zero attached hydrogens (tertiary/aromatic N) is 3. The molecule has 96 valence electrons. The number of anilines is 1. The zero-order chi connectivity index (χ0) is 13.1. The Bertz CT molecular complexity index is 470. The fourth-order valence-corrected chi connectivity index (χ4v) is 2.12. The Labute approximate surface area is 110 Å². The fraction of sp³-hybridized carbons (Fsp3) is 0.455. The van der Waals surface area contributed by atoms with Crippen LogP contribution >= 0.6 is 12.2 Å². The van der Waals surface area contributed by atoms with Gasteiger partial charge in [0.25, 0.3) is 0 Å². The predicted molar refractivity (Wildman–Crippen MR) is 72.1 cm³/mol. The molecule has 18 heavy (non-hydrogen) atoms. The smallest absolute Gasteiger partial charge is 0.225 e. The van der Waals surface area contributed by atoms with Gasteiger partial charge in [-0.05, 0) is 18.9 Å². The van der Waals surface area contributed by atoms with Crippen LogP contribution in [0.25, 0.3) is 0 Å². The summed E-state index contributed by atoms with van der Waals surface area (Å²) in [6, 6.07) is 1.68. The van der Waals surface area contributed by atoms with Crippen LogP contribution in [0.3, 0.4) is 0 Å². The van der Waals surface area contributed by atoms with Gasteiger partial charge in [-0.15, -0.1) is 0 Å². The van der Waals surface area contributed by atoms with E-state index in [0.717, 1.165) is 12.8 Å². The molecule has 1 amide bonds. The molecule has 0 saturated carbocycles. The molecule has 0 aromatic carbocycles. The molecule has 1 aliphatic rings. The summed E-state index contributed by atoms with van der Waals surface area (Å²) in [7, 11) is 0. The molecule has 0 spiro atoms. The van der Waals surface area contributed by atoms with E-state index in [0.29, 0.717) is 24.7 Å². The predicted octanol–water partition coefficient (Wildman–Crippen LogP) is -0.188. The van der Waals surface area contributed by atoms with E-state index >= 15 is 0 Å². The van der Waals surface area contributed by atoms with Gasteiger partial charge in [-0.25, -0.2) is 9.97 Å². The van der Waals surface area contributed by atoms with Crippen molar-refractivity contribution >= 4 is 29.1 Å². The molecular formula is C11H15N5OS. The molecule has 1 aromatic heterocycles. The van der Waals surface area contributed by atoms with Gasteiger partial charge in [-0.1, -0.05) is 12.2 Å². The average Bonchev–Trinajstić information content (AvgIpc) is 2.39. The van der Waals surface area contributed by atoms with Crippen LogP contribution in [-0.2, 0) is 4.79 Å². The molecule has 2 heterocycles. The van der Waals surface area contributed by atoms with E-state index in [2.05, 4.69) is 9.97 Å². The summed E-state index contributed by atoms with van der Waals surface area (Å²) in [4.78, 5) is 21.8. The van der Waals surface area contributed by atoms with Crippen molar-refractivity contribution in [2.24, 2.45) is 17.4 Å². The maximum Gasteiger partial charge on any atom is 0.225 e. The first kappa shape index (κ1) is 12.7. The van der Waals surface area contributed by atoms with Crippen LogP contribution in [0.15, 0.2) is 12.3 Å². The Morgan fingerprint density at radius 3 is 2.61 bits per heavy atom. The van der Waals surface area contributed by atoms with Gasteiger partial charge in [0.1, 0.15) is 10.7 Å². The summed E-state index contributed by atoms with van der Waals surface area (Å²) >= 11 is 4.88. The van der Waals surface area contributed by atoms with E-state index in [-0.39, 0.29) is 16.8 Å². The number of thiocarbonyl (C=S) groups is 1. The Kier molecular flexibility index (Phi) is 3.71. The topological polar surface area (TPSA) is 98.1 Å². The highest BCUT2D eigenvalue weighted by molar-refractivity contribution is 7.80. The Morgan fingerprint density at radius 2 is 2.06 bits per heavy atom. The third-order valence-electron chi connectivity index (χ3n) is 3.08. The van der Waals surface area contributed by atoms with Crippen molar-refractivity contribution in [2.45, 2.75) is 12.8 Å². The zero-order valence-electron chi connectivity index (χ0n) is 9.87. The molecule has 1 saturated heterocycles. The molecule has 1 aliphatic heterocycles. The van der Waals surface area contributed by atoms with Gasteiger partial charge in [0.2, 0.25) is 11.9 Å². The summed E-state index contributed by atoms with van der Waals surface area (Å²) in [5, 5.41) is 0. The second-order valence-corrected chi connectivity index (χ2v) is 4.71. The number of carbonyl (C=O) groups excluding carboxylic acids is 1. The Hall–Kier alpha value is -1.76. The lowest BCUT2D eigenvalue weighted by Gasteiger charge is -2.30. The minimum Gasteiger partial charge on any atom is -0.388 e. The van der Waals surface area contributed by atoms with E-state index in [4.69, 9.17) is 23.7 Å². The summed E-state index contributed by atoms with van der Waals surface area (Å²) in [5.74, 6) is 0.329. The molecule has 1 aromatic rings. The number of piperidine rings is 1. The first-order chi connectivity index (χ1) is 8.58. The quantitative estimate of drug-likeness (QED) is 0.735. The van der Waals surface area contributed by atoms with Gasteiger partial charge in [0, 0.05) is 25.2 Å². The second-order valence-electron chi connectivity index (χ2n) is 4.27. The fourth-order valence-electron chi connectivity index (χ4n) is 2.00. The molecule has 0 bridgehead atoms. The lowest BCUT2D eigenvalue weighted by Crippen LogP contribution is -2.39. The van der Waals surface area contributed by atoms with Gasteiger partial charge >= 0.3 is 0 Å². The van der Waals surface area contributed by atoms with E-state index in [9.17, 15) is 4.79 Å². The molecule has 0 unspecified atom stereocenters. The highest BCUT2D eigenvalue weighted by Crippen LogP contribution is 2.20. The highest BCUT2D eigenvalue weighted by Gasteiger charge is 2.24. The van der Waals surface area contributed by atoms with Gasteiger partial charge in [-0.3, -0.25) is 4.79 Å². The molecule has 6 nitrogen and oxygen atoms in total. The van der Waals surface area contributed by atoms with E-state index < -0.39 is 0 Å². The minimum absolute atomic E-state index is 0.0417. The van der Waals surface area contributed by atoms with Crippen LogP contribution in [0.1, 0.15) is 18.5 Å². The largest absolute Gasteiger partial charge is 0.388 e. The average molecular weight is 265 g/mol. The number of nitrogens with two attached hydrogens (primary N) is 2. The molecule has 2 rings (SSSR count). The van der Waals surface area contributed by atoms with Crippen molar-refractivity contribution in [1.82, 2.24) is 9.97 Å². The normalized spacial score (nSPS) is 16.6. The first-order valence-corrected chi connectivity index (χ1v) is 6.16. The first-order valence-electron chi connectivity index (χ1n) is 5.75. The van der Waals surface area contributed by atoms with Crippen molar-refractivity contribution in [3.8, 4) is 0 Å². The van der Waals surface area contributed by atoms with Crippen LogP contribution < -0.4 is 16.4 Å². The van der Waals surface area contributed by atoms with Crippen LogP contribution in [0.2, 0.25) is 0 Å². The Morgan fingerprint density at radius 1 is 1.39 bits per heavy atom. The number of primary amides is 1. The summed E-state index contributed by atoms with van der Waals surface area (Å²) in [6.45, 7) is 1.43. The van der Waals surface area contributed by atoms with Crippen molar-refractivity contribution in [3.63, 3.8) is 0 Å². The van der Waals surface area contributed by atoms with Crippen molar-refractivity contribution in [1.29, 1.82) is 0 Å². The number of carbonyl (C=O) groups is 1. The van der Waals surface area contributed by atoms with Crippen LogP contribution in [0.4, 0.5) is 5.95 Å². The zero-order valence-corrected chi connectivity index (χ0v) is 10.7. The summed E-state index contributed by atoms with van der Waals surface area (Å²) in [6.07, 6.45) is 3.10. The second kappa shape index (κ2) is 5.26. The number of rotatable bonds is 3. The summed E-state index contributed by atoms with van der Waals surface area (Å²) < 4.78 is 0. The number of aromatic nitrogens is 2. The molecule has 1 fully saturated rings. The SMILES string of the molecule is NC(=O)C1CCN(c2nccc(C(N)=S)n2)CC1. The number of hydrogen-bond acceptors (Lipinski definition) is 5. The number of hydrogen-bond donors (Lipinski definition) is 2. The maximum absolute atomic E-state index is 11.1. The van der Waals surface area contributed by atoms with Crippen LogP contribution in [0, 0.1) is 5.92 Å². The molecule has 7 heteroatoms. The molecule has 0 radical (unpaired) electrons. The van der Waals surface area contributed by atoms with Crippen LogP contribution in [-0.4, -0.2) is 34.0 Å². The van der Waals surface area contributed by atoms with Crippen LogP contribution in [0.5, 0.6) is 0 Å². The van der Waals surface area contributed by atoms with Gasteiger partial charge < -0.3 is 16.4 Å². The minimum atomic E-state index is -0.229. The molecular weight excluding hydrogens is 250 g/mol. The van der Waals surface area contributed by atoms with E-state index in [1.165, 1.54) is 0 Å². The van der Waals surface area contributed by atoms with Gasteiger partial charge in [-0.2, -0.15) is 0 Å². The maximum atomic E-state index is 11.1. The van der Waals surface area contributed by atoms with Crippen molar-refractivity contribution in [3.05, 3.63) is 18.0 Å². The molecule has 4 N–H and O–H groups in total. The summed E-state index contributed by atoms with van der Waals surface area (Å²) in [5.41, 5.74) is 11.4.